The van der Waals surface area contributed by atoms with Gasteiger partial charge in [-0.15, -0.1) is 0 Å². The van der Waals surface area contributed by atoms with Crippen molar-refractivity contribution < 1.29 is 27.6 Å². The molecule has 0 aliphatic carbocycles. The van der Waals surface area contributed by atoms with Gasteiger partial charge in [0.05, 0.1) is 11.3 Å². The quantitative estimate of drug-likeness (QED) is 0.662. The van der Waals surface area contributed by atoms with Crippen LogP contribution in [0.15, 0.2) is 23.3 Å². The summed E-state index contributed by atoms with van der Waals surface area (Å²) >= 11 is 0. The Bertz CT molecular complexity index is 645. The summed E-state index contributed by atoms with van der Waals surface area (Å²) in [6, 6.07) is 2.62. The number of rotatable bonds is 3. The number of hydroxylamine groups is 1. The number of halogens is 4. The van der Waals surface area contributed by atoms with Crippen LogP contribution in [0.3, 0.4) is 0 Å². The summed E-state index contributed by atoms with van der Waals surface area (Å²) in [6.45, 7) is 0.171. The maximum absolute atomic E-state index is 12.9. The fraction of sp³-hybridized carbons (Fsp3) is 0.385. The molecule has 1 atom stereocenters. The number of nitrogens with one attached hydrogen (secondary N) is 1. The molecule has 2 N–H and O–H groups in total. The zero-order valence-electron chi connectivity index (χ0n) is 11.7. The number of hydrazone groups is 1. The highest BCUT2D eigenvalue weighted by molar-refractivity contribution is 6.23. The second kappa shape index (κ2) is 5.33. The molecule has 1 aliphatic rings. The SMILES string of the molecule is CN1N=C(c2cc(CF)cc(C(F)(F)F)c2)C(C)(NO)C1=O. The van der Waals surface area contributed by atoms with Gasteiger partial charge in [-0.25, -0.2) is 9.40 Å². The lowest BCUT2D eigenvalue weighted by molar-refractivity contribution is -0.137. The largest absolute Gasteiger partial charge is 0.416 e. The maximum Gasteiger partial charge on any atom is 0.416 e. The molecule has 9 heteroatoms. The molecule has 0 radical (unpaired) electrons. The molecule has 1 amide bonds. The van der Waals surface area contributed by atoms with Crippen LogP contribution in [0.1, 0.15) is 23.6 Å². The molecule has 0 saturated heterocycles. The van der Waals surface area contributed by atoms with Crippen LogP contribution in [0.25, 0.3) is 0 Å². The molecule has 1 aromatic carbocycles. The topological polar surface area (TPSA) is 64.9 Å². The highest BCUT2D eigenvalue weighted by atomic mass is 19.4. The highest BCUT2D eigenvalue weighted by Crippen LogP contribution is 2.33. The van der Waals surface area contributed by atoms with E-state index < -0.39 is 29.9 Å². The number of carbonyl (C=O) groups is 1. The normalized spacial score (nSPS) is 22.2. The van der Waals surface area contributed by atoms with Crippen LogP contribution in [-0.4, -0.2) is 34.4 Å². The minimum absolute atomic E-state index is 0.0933. The van der Waals surface area contributed by atoms with E-state index in [-0.39, 0.29) is 16.8 Å². The van der Waals surface area contributed by atoms with Gasteiger partial charge in [0.1, 0.15) is 6.67 Å². The van der Waals surface area contributed by atoms with Crippen molar-refractivity contribution in [2.45, 2.75) is 25.3 Å². The molecule has 5 nitrogen and oxygen atoms in total. The Morgan fingerprint density at radius 2 is 2.00 bits per heavy atom. The molecule has 1 heterocycles. The molecule has 0 aromatic heterocycles. The summed E-state index contributed by atoms with van der Waals surface area (Å²) < 4.78 is 51.5. The summed E-state index contributed by atoms with van der Waals surface area (Å²) in [5.74, 6) is -0.649. The molecule has 0 bridgehead atoms. The van der Waals surface area contributed by atoms with E-state index in [1.165, 1.54) is 14.0 Å². The van der Waals surface area contributed by atoms with Gasteiger partial charge in [0, 0.05) is 12.6 Å². The van der Waals surface area contributed by atoms with Crippen LogP contribution in [0.5, 0.6) is 0 Å². The first-order valence-corrected chi connectivity index (χ1v) is 6.19. The molecular formula is C13H13F4N3O2. The zero-order chi connectivity index (χ0) is 16.7. The molecule has 1 aliphatic heterocycles. The van der Waals surface area contributed by atoms with Crippen LogP contribution in [0.2, 0.25) is 0 Å². The summed E-state index contributed by atoms with van der Waals surface area (Å²) in [4.78, 5) is 12.0. The average molecular weight is 319 g/mol. The number of benzene rings is 1. The summed E-state index contributed by atoms with van der Waals surface area (Å²) in [6.07, 6.45) is -4.67. The minimum atomic E-state index is -4.67. The summed E-state index contributed by atoms with van der Waals surface area (Å²) in [5, 5.41) is 14.0. The Morgan fingerprint density at radius 3 is 2.50 bits per heavy atom. The van der Waals surface area contributed by atoms with E-state index in [2.05, 4.69) is 5.10 Å². The van der Waals surface area contributed by atoms with Crippen LogP contribution in [-0.2, 0) is 17.6 Å². The van der Waals surface area contributed by atoms with Crippen molar-refractivity contribution in [3.63, 3.8) is 0 Å². The zero-order valence-corrected chi connectivity index (χ0v) is 11.7. The van der Waals surface area contributed by atoms with Crippen molar-refractivity contribution in [3.8, 4) is 0 Å². The van der Waals surface area contributed by atoms with Crippen molar-refractivity contribution in [2.24, 2.45) is 5.10 Å². The molecular weight excluding hydrogens is 306 g/mol. The average Bonchev–Trinajstić information content (AvgIpc) is 2.71. The Kier molecular flexibility index (Phi) is 3.96. The number of amides is 1. The van der Waals surface area contributed by atoms with Gasteiger partial charge in [0.25, 0.3) is 5.91 Å². The smallest absolute Gasteiger partial charge is 0.315 e. The van der Waals surface area contributed by atoms with Crippen molar-refractivity contribution in [1.29, 1.82) is 0 Å². The van der Waals surface area contributed by atoms with E-state index >= 15 is 0 Å². The highest BCUT2D eigenvalue weighted by Gasteiger charge is 2.47. The lowest BCUT2D eigenvalue weighted by atomic mass is 9.89. The Hall–Kier alpha value is -2.00. The number of hydrogen-bond acceptors (Lipinski definition) is 4. The molecule has 1 aromatic rings. The number of carbonyl (C=O) groups excluding carboxylic acids is 1. The predicted molar refractivity (Wildman–Crippen MR) is 68.9 cm³/mol. The van der Waals surface area contributed by atoms with Gasteiger partial charge in [-0.1, -0.05) is 0 Å². The molecule has 0 fully saturated rings. The van der Waals surface area contributed by atoms with Crippen LogP contribution in [0, 0.1) is 0 Å². The first-order valence-electron chi connectivity index (χ1n) is 6.19. The first kappa shape index (κ1) is 16.4. The first-order chi connectivity index (χ1) is 10.1. The number of hydrogen-bond donors (Lipinski definition) is 2. The molecule has 120 valence electrons. The van der Waals surface area contributed by atoms with E-state index in [4.69, 9.17) is 0 Å². The third kappa shape index (κ3) is 2.57. The van der Waals surface area contributed by atoms with Gasteiger partial charge in [0.15, 0.2) is 5.54 Å². The molecule has 0 saturated carbocycles. The predicted octanol–water partition coefficient (Wildman–Crippen LogP) is 2.09. The second-order valence-electron chi connectivity index (χ2n) is 5.06. The number of alkyl halides is 4. The lowest BCUT2D eigenvalue weighted by Crippen LogP contribution is -2.53. The number of likely N-dealkylation sites (N-methyl/N-ethyl adjacent to an activating group) is 1. The fourth-order valence-electron chi connectivity index (χ4n) is 2.24. The van der Waals surface area contributed by atoms with E-state index in [9.17, 15) is 27.6 Å². The lowest BCUT2D eigenvalue weighted by Gasteiger charge is -2.22. The van der Waals surface area contributed by atoms with E-state index in [1.54, 1.807) is 5.48 Å². The Labute approximate surface area is 123 Å². The van der Waals surface area contributed by atoms with Crippen molar-refractivity contribution in [1.82, 2.24) is 10.5 Å². The van der Waals surface area contributed by atoms with Crippen LogP contribution in [0.4, 0.5) is 17.6 Å². The number of nitrogens with zero attached hydrogens (tertiary/aromatic N) is 2. The molecule has 0 spiro atoms. The van der Waals surface area contributed by atoms with E-state index in [0.29, 0.717) is 6.07 Å². The third-order valence-electron chi connectivity index (χ3n) is 3.42. The van der Waals surface area contributed by atoms with E-state index in [1.807, 2.05) is 0 Å². The standard InChI is InChI=1S/C13H13F4N3O2/c1-12(19-22)10(18-20(2)11(12)21)8-3-7(6-14)4-9(5-8)13(15,16)17/h3-5,19,22H,6H2,1-2H3. The van der Waals surface area contributed by atoms with Crippen molar-refractivity contribution in [3.05, 3.63) is 34.9 Å². The summed E-state index contributed by atoms with van der Waals surface area (Å²) in [7, 11) is 1.30. The minimum Gasteiger partial charge on any atom is -0.315 e. The van der Waals surface area contributed by atoms with Gasteiger partial charge in [-0.2, -0.15) is 23.8 Å². The van der Waals surface area contributed by atoms with Gasteiger partial charge in [0.2, 0.25) is 0 Å². The fourth-order valence-corrected chi connectivity index (χ4v) is 2.24. The van der Waals surface area contributed by atoms with Gasteiger partial charge in [-0.05, 0) is 30.7 Å². The van der Waals surface area contributed by atoms with Crippen molar-refractivity contribution in [2.75, 3.05) is 7.05 Å². The van der Waals surface area contributed by atoms with Gasteiger partial charge < -0.3 is 5.21 Å². The van der Waals surface area contributed by atoms with Gasteiger partial charge >= 0.3 is 6.18 Å². The molecule has 1 unspecified atom stereocenters. The second-order valence-corrected chi connectivity index (χ2v) is 5.06. The van der Waals surface area contributed by atoms with Crippen LogP contribution < -0.4 is 5.48 Å². The van der Waals surface area contributed by atoms with E-state index in [0.717, 1.165) is 17.1 Å². The Balaban J connectivity index is 2.62. The van der Waals surface area contributed by atoms with Crippen LogP contribution >= 0.6 is 0 Å². The molecule has 2 rings (SSSR count). The maximum atomic E-state index is 12.9. The molecule has 22 heavy (non-hydrogen) atoms. The van der Waals surface area contributed by atoms with Gasteiger partial charge in [-0.3, -0.25) is 4.79 Å². The third-order valence-corrected chi connectivity index (χ3v) is 3.42. The van der Waals surface area contributed by atoms with Crippen molar-refractivity contribution >= 4 is 11.6 Å². The monoisotopic (exact) mass is 319 g/mol. The Morgan fingerprint density at radius 1 is 1.36 bits per heavy atom. The summed E-state index contributed by atoms with van der Waals surface area (Å²) in [5.41, 5.74) is -1.40.